The molecule has 1 nitrogen and oxygen atoms in total. The van der Waals surface area contributed by atoms with Crippen molar-refractivity contribution in [2.24, 2.45) is 11.8 Å². The van der Waals surface area contributed by atoms with Gasteiger partial charge in [-0.15, -0.1) is 13.2 Å². The molecule has 0 saturated heterocycles. The number of halogens is 3. The Labute approximate surface area is 174 Å². The molecule has 2 atom stereocenters. The molecular weight excluding hydrogens is 373 g/mol. The molecule has 0 radical (unpaired) electrons. The minimum atomic E-state index is -4.64. The number of hydrogen-bond donors (Lipinski definition) is 0. The standard InChI is InChI=1S/C25H35F3O/c1-3-5-6-9-20(8-4-2)10-7-11-21-12-14-22(15-13-21)23-16-18-24(19-17-23)29-25(26,27)28/h3,5,14,16-21H,4,6-13,15H2,1-2H3/b5-3+. The van der Waals surface area contributed by atoms with Gasteiger partial charge in [0.25, 0.3) is 0 Å². The van der Waals surface area contributed by atoms with Crippen LogP contribution in [-0.2, 0) is 0 Å². The lowest BCUT2D eigenvalue weighted by Crippen LogP contribution is -2.17. The minimum Gasteiger partial charge on any atom is -0.406 e. The molecule has 2 rings (SSSR count). The predicted molar refractivity (Wildman–Crippen MR) is 115 cm³/mol. The molecule has 0 bridgehead atoms. The molecule has 0 heterocycles. The van der Waals surface area contributed by atoms with Gasteiger partial charge >= 0.3 is 6.36 Å². The molecule has 0 amide bonds. The van der Waals surface area contributed by atoms with Gasteiger partial charge < -0.3 is 4.74 Å². The van der Waals surface area contributed by atoms with Crippen molar-refractivity contribution < 1.29 is 17.9 Å². The summed E-state index contributed by atoms with van der Waals surface area (Å²) in [5.74, 6) is 1.43. The van der Waals surface area contributed by atoms with Gasteiger partial charge in [0.1, 0.15) is 5.75 Å². The Balaban J connectivity index is 1.77. The van der Waals surface area contributed by atoms with E-state index in [0.717, 1.165) is 30.2 Å². The maximum atomic E-state index is 12.3. The molecule has 4 heteroatoms. The van der Waals surface area contributed by atoms with Crippen molar-refractivity contribution >= 4 is 5.57 Å². The van der Waals surface area contributed by atoms with E-state index in [-0.39, 0.29) is 5.75 Å². The SMILES string of the molecule is C/C=C/CCC(CCC)CCCC1CC=C(c2ccc(OC(F)(F)F)cc2)CC1. The molecule has 1 aromatic carbocycles. The molecule has 1 aromatic rings. The Bertz CT molecular complexity index is 643. The van der Waals surface area contributed by atoms with Crippen LogP contribution in [0.3, 0.4) is 0 Å². The van der Waals surface area contributed by atoms with Crippen molar-refractivity contribution in [1.82, 2.24) is 0 Å². The van der Waals surface area contributed by atoms with E-state index in [1.165, 1.54) is 69.1 Å². The van der Waals surface area contributed by atoms with Crippen LogP contribution < -0.4 is 4.74 Å². The number of ether oxygens (including phenoxy) is 1. The van der Waals surface area contributed by atoms with Crippen molar-refractivity contribution in [2.75, 3.05) is 0 Å². The lowest BCUT2D eigenvalue weighted by molar-refractivity contribution is -0.274. The Morgan fingerprint density at radius 3 is 2.48 bits per heavy atom. The fourth-order valence-electron chi connectivity index (χ4n) is 4.32. The molecule has 0 fully saturated rings. The first-order valence-electron chi connectivity index (χ1n) is 11.1. The van der Waals surface area contributed by atoms with Crippen LogP contribution in [0.5, 0.6) is 5.75 Å². The molecule has 0 aromatic heterocycles. The third-order valence-electron chi connectivity index (χ3n) is 5.88. The van der Waals surface area contributed by atoms with E-state index in [9.17, 15) is 13.2 Å². The number of alkyl halides is 3. The average Bonchev–Trinajstić information content (AvgIpc) is 2.68. The van der Waals surface area contributed by atoms with Crippen molar-refractivity contribution in [1.29, 1.82) is 0 Å². The highest BCUT2D eigenvalue weighted by Gasteiger charge is 2.31. The molecule has 1 aliphatic carbocycles. The van der Waals surface area contributed by atoms with Gasteiger partial charge in [-0.1, -0.05) is 69.4 Å². The monoisotopic (exact) mass is 408 g/mol. The van der Waals surface area contributed by atoms with Crippen LogP contribution in [0.1, 0.15) is 83.6 Å². The fourth-order valence-corrected chi connectivity index (χ4v) is 4.32. The molecule has 1 aliphatic rings. The summed E-state index contributed by atoms with van der Waals surface area (Å²) in [5.41, 5.74) is 2.25. The lowest BCUT2D eigenvalue weighted by atomic mass is 9.82. The first-order chi connectivity index (χ1) is 13.9. The largest absolute Gasteiger partial charge is 0.573 e. The van der Waals surface area contributed by atoms with Gasteiger partial charge in [-0.05, 0) is 74.1 Å². The van der Waals surface area contributed by atoms with E-state index in [1.54, 1.807) is 12.1 Å². The van der Waals surface area contributed by atoms with Crippen molar-refractivity contribution in [3.63, 3.8) is 0 Å². The van der Waals surface area contributed by atoms with E-state index >= 15 is 0 Å². The topological polar surface area (TPSA) is 9.23 Å². The number of rotatable bonds is 11. The molecule has 162 valence electrons. The Hall–Kier alpha value is -1.71. The molecular formula is C25H35F3O. The Kier molecular flexibility index (Phi) is 9.83. The third kappa shape index (κ3) is 9.10. The summed E-state index contributed by atoms with van der Waals surface area (Å²) >= 11 is 0. The summed E-state index contributed by atoms with van der Waals surface area (Å²) in [7, 11) is 0. The minimum absolute atomic E-state index is 0.161. The second-order valence-corrected chi connectivity index (χ2v) is 8.17. The second-order valence-electron chi connectivity index (χ2n) is 8.17. The van der Waals surface area contributed by atoms with Crippen molar-refractivity contribution in [3.05, 3.63) is 48.1 Å². The maximum absolute atomic E-state index is 12.3. The van der Waals surface area contributed by atoms with Crippen LogP contribution in [0.4, 0.5) is 13.2 Å². The first kappa shape index (κ1) is 23.6. The van der Waals surface area contributed by atoms with Crippen LogP contribution in [0, 0.1) is 11.8 Å². The molecule has 0 saturated carbocycles. The molecule has 29 heavy (non-hydrogen) atoms. The molecule has 0 spiro atoms. The maximum Gasteiger partial charge on any atom is 0.573 e. The Morgan fingerprint density at radius 2 is 1.90 bits per heavy atom. The number of allylic oxidation sites excluding steroid dienone is 4. The number of benzene rings is 1. The lowest BCUT2D eigenvalue weighted by Gasteiger charge is -2.23. The van der Waals surface area contributed by atoms with Gasteiger partial charge in [0.2, 0.25) is 0 Å². The van der Waals surface area contributed by atoms with Crippen molar-refractivity contribution in [2.45, 2.75) is 84.4 Å². The summed E-state index contributed by atoms with van der Waals surface area (Å²) in [5, 5.41) is 0. The van der Waals surface area contributed by atoms with Gasteiger partial charge in [0.15, 0.2) is 0 Å². The summed E-state index contributed by atoms with van der Waals surface area (Å²) in [4.78, 5) is 0. The van der Waals surface area contributed by atoms with E-state index in [2.05, 4.69) is 36.8 Å². The summed E-state index contributed by atoms with van der Waals surface area (Å²) in [6, 6.07) is 6.26. The first-order valence-corrected chi connectivity index (χ1v) is 11.1. The van der Waals surface area contributed by atoms with Gasteiger partial charge in [-0.3, -0.25) is 0 Å². The smallest absolute Gasteiger partial charge is 0.406 e. The Morgan fingerprint density at radius 1 is 1.14 bits per heavy atom. The fraction of sp³-hybridized carbons (Fsp3) is 0.600. The van der Waals surface area contributed by atoms with Crippen LogP contribution in [-0.4, -0.2) is 6.36 Å². The average molecular weight is 409 g/mol. The van der Waals surface area contributed by atoms with Crippen LogP contribution in [0.25, 0.3) is 5.57 Å². The highest BCUT2D eigenvalue weighted by Crippen LogP contribution is 2.34. The van der Waals surface area contributed by atoms with Gasteiger partial charge in [0.05, 0.1) is 0 Å². The second kappa shape index (κ2) is 12.1. The zero-order valence-corrected chi connectivity index (χ0v) is 17.8. The highest BCUT2D eigenvalue weighted by atomic mass is 19.4. The van der Waals surface area contributed by atoms with Crippen molar-refractivity contribution in [3.8, 4) is 5.75 Å². The molecule has 0 aliphatic heterocycles. The third-order valence-corrected chi connectivity index (χ3v) is 5.88. The van der Waals surface area contributed by atoms with E-state index in [0.29, 0.717) is 0 Å². The highest BCUT2D eigenvalue weighted by molar-refractivity contribution is 5.66. The van der Waals surface area contributed by atoms with Crippen LogP contribution >= 0.6 is 0 Å². The van der Waals surface area contributed by atoms with Gasteiger partial charge in [-0.2, -0.15) is 0 Å². The van der Waals surface area contributed by atoms with E-state index in [1.807, 2.05) is 0 Å². The quantitative estimate of drug-likeness (QED) is 0.333. The number of hydrogen-bond acceptors (Lipinski definition) is 1. The predicted octanol–water partition coefficient (Wildman–Crippen LogP) is 8.71. The zero-order chi connectivity index (χ0) is 21.1. The molecule has 0 N–H and O–H groups in total. The van der Waals surface area contributed by atoms with Crippen LogP contribution in [0.15, 0.2) is 42.5 Å². The van der Waals surface area contributed by atoms with Crippen LogP contribution in [0.2, 0.25) is 0 Å². The molecule has 2 unspecified atom stereocenters. The zero-order valence-electron chi connectivity index (χ0n) is 17.8. The van der Waals surface area contributed by atoms with Gasteiger partial charge in [0, 0.05) is 0 Å². The summed E-state index contributed by atoms with van der Waals surface area (Å²) in [6.45, 7) is 4.36. The summed E-state index contributed by atoms with van der Waals surface area (Å²) < 4.78 is 40.8. The van der Waals surface area contributed by atoms with E-state index in [4.69, 9.17) is 0 Å². The summed E-state index contributed by atoms with van der Waals surface area (Å²) in [6.07, 6.45) is 14.3. The normalized spacial score (nSPS) is 18.7. The van der Waals surface area contributed by atoms with Gasteiger partial charge in [-0.25, -0.2) is 0 Å². The van der Waals surface area contributed by atoms with E-state index < -0.39 is 6.36 Å².